The van der Waals surface area contributed by atoms with Crippen LogP contribution in [0.3, 0.4) is 0 Å². The van der Waals surface area contributed by atoms with Crippen LogP contribution in [-0.4, -0.2) is 15.5 Å². The van der Waals surface area contributed by atoms with Crippen molar-refractivity contribution in [1.29, 1.82) is 0 Å². The third kappa shape index (κ3) is 6.28. The van der Waals surface area contributed by atoms with Gasteiger partial charge < -0.3 is 0 Å². The van der Waals surface area contributed by atoms with Gasteiger partial charge in [0.25, 0.3) is 0 Å². The Morgan fingerprint density at radius 3 is 1.74 bits per heavy atom. The van der Waals surface area contributed by atoms with Gasteiger partial charge in [-0.05, 0) is 72.9 Å². The summed E-state index contributed by atoms with van der Waals surface area (Å²) in [5, 5.41) is 0. The molecular weight excluding hydrogens is 402 g/mol. The van der Waals surface area contributed by atoms with E-state index < -0.39 is 10.0 Å². The van der Waals surface area contributed by atoms with Gasteiger partial charge in [0.2, 0.25) is 10.0 Å². The Morgan fingerprint density at radius 1 is 0.677 bits per heavy atom. The van der Waals surface area contributed by atoms with Gasteiger partial charge in [-0.25, -0.2) is 13.1 Å². The fourth-order valence-electron chi connectivity index (χ4n) is 4.20. The second-order valence-corrected chi connectivity index (χ2v) is 10.3. The van der Waals surface area contributed by atoms with E-state index in [1.807, 2.05) is 12.1 Å². The van der Waals surface area contributed by atoms with Crippen molar-refractivity contribution in [3.05, 3.63) is 102 Å². The van der Waals surface area contributed by atoms with Crippen molar-refractivity contribution in [1.82, 2.24) is 4.72 Å². The van der Waals surface area contributed by atoms with E-state index >= 15 is 0 Å². The predicted octanol–water partition coefficient (Wildman–Crippen LogP) is 6.46. The molecule has 164 valence electrons. The summed E-state index contributed by atoms with van der Waals surface area (Å²) in [6.07, 6.45) is 3.29. The maximum absolute atomic E-state index is 12.0. The molecule has 3 aromatic rings. The molecule has 0 aliphatic rings. The maximum Gasteiger partial charge on any atom is 0.240 e. The third-order valence-corrected chi connectivity index (χ3v) is 7.68. The minimum Gasteiger partial charge on any atom is -0.214 e. The lowest BCUT2D eigenvalue weighted by Gasteiger charge is -2.24. The molecule has 0 saturated carbocycles. The normalized spacial score (nSPS) is 14.7. The summed E-state index contributed by atoms with van der Waals surface area (Å²) < 4.78 is 26.4. The average molecular weight is 436 g/mol. The molecule has 3 atom stereocenters. The molecule has 0 fully saturated rings. The first-order valence-electron chi connectivity index (χ1n) is 11.0. The van der Waals surface area contributed by atoms with E-state index in [4.69, 9.17) is 0 Å². The quantitative estimate of drug-likeness (QED) is 0.397. The van der Waals surface area contributed by atoms with Crippen LogP contribution in [0.1, 0.15) is 67.6 Å². The van der Waals surface area contributed by atoms with Gasteiger partial charge in [0.05, 0.1) is 4.90 Å². The van der Waals surface area contributed by atoms with E-state index in [1.54, 1.807) is 12.1 Å². The molecule has 0 radical (unpaired) electrons. The van der Waals surface area contributed by atoms with Crippen LogP contribution >= 0.6 is 0 Å². The highest BCUT2D eigenvalue weighted by atomic mass is 32.2. The summed E-state index contributed by atoms with van der Waals surface area (Å²) in [7, 11) is -1.96. The van der Waals surface area contributed by atoms with Gasteiger partial charge in [-0.2, -0.15) is 0 Å². The topological polar surface area (TPSA) is 46.2 Å². The molecular formula is C27H33NO2S. The van der Waals surface area contributed by atoms with Gasteiger partial charge >= 0.3 is 0 Å². The van der Waals surface area contributed by atoms with Crippen molar-refractivity contribution < 1.29 is 8.42 Å². The monoisotopic (exact) mass is 435 g/mol. The Bertz CT molecular complexity index is 1030. The van der Waals surface area contributed by atoms with E-state index in [1.165, 1.54) is 23.7 Å². The van der Waals surface area contributed by atoms with Crippen LogP contribution in [0.15, 0.2) is 89.8 Å². The van der Waals surface area contributed by atoms with Gasteiger partial charge in [0.1, 0.15) is 0 Å². The predicted molar refractivity (Wildman–Crippen MR) is 129 cm³/mol. The smallest absolute Gasteiger partial charge is 0.214 e. The van der Waals surface area contributed by atoms with Crippen LogP contribution in [-0.2, 0) is 10.0 Å². The molecule has 31 heavy (non-hydrogen) atoms. The highest BCUT2D eigenvalue weighted by molar-refractivity contribution is 7.89. The molecule has 0 aliphatic heterocycles. The molecule has 0 aromatic heterocycles. The average Bonchev–Trinajstić information content (AvgIpc) is 2.82. The molecule has 3 unspecified atom stereocenters. The van der Waals surface area contributed by atoms with Gasteiger partial charge in [-0.1, -0.05) is 86.6 Å². The minimum atomic E-state index is -3.40. The van der Waals surface area contributed by atoms with Crippen LogP contribution in [0, 0.1) is 0 Å². The molecule has 3 nitrogen and oxygen atoms in total. The van der Waals surface area contributed by atoms with Gasteiger partial charge in [0.15, 0.2) is 0 Å². The summed E-state index contributed by atoms with van der Waals surface area (Å²) in [6.45, 7) is 4.54. The zero-order valence-electron chi connectivity index (χ0n) is 18.7. The number of sulfonamides is 1. The van der Waals surface area contributed by atoms with Crippen LogP contribution in [0.25, 0.3) is 0 Å². The Morgan fingerprint density at radius 2 is 1.19 bits per heavy atom. The van der Waals surface area contributed by atoms with E-state index in [2.05, 4.69) is 79.2 Å². The lowest BCUT2D eigenvalue weighted by molar-refractivity contribution is 0.487. The lowest BCUT2D eigenvalue weighted by atomic mass is 9.81. The van der Waals surface area contributed by atoms with Crippen molar-refractivity contribution in [2.75, 3.05) is 7.05 Å². The summed E-state index contributed by atoms with van der Waals surface area (Å²) in [4.78, 5) is 0.308. The Kier molecular flexibility index (Phi) is 8.05. The standard InChI is InChI=1S/C27H33NO2S/c1-21(23-10-6-4-7-11-23)14-15-26(25-12-8-5-9-13-25)20-22(2)24-16-18-27(19-17-24)31(29,30)28-3/h4-13,16-19,21-22,26,28H,14-15,20H2,1-3H3. The van der Waals surface area contributed by atoms with E-state index in [9.17, 15) is 8.42 Å². The number of rotatable bonds is 10. The second-order valence-electron chi connectivity index (χ2n) is 8.41. The highest BCUT2D eigenvalue weighted by Gasteiger charge is 2.19. The van der Waals surface area contributed by atoms with E-state index in [0.29, 0.717) is 22.6 Å². The number of hydrogen-bond acceptors (Lipinski definition) is 2. The number of nitrogens with one attached hydrogen (secondary N) is 1. The molecule has 3 aromatic carbocycles. The van der Waals surface area contributed by atoms with Gasteiger partial charge in [-0.3, -0.25) is 0 Å². The molecule has 0 bridgehead atoms. The van der Waals surface area contributed by atoms with Crippen LogP contribution in [0.4, 0.5) is 0 Å². The van der Waals surface area contributed by atoms with Crippen molar-refractivity contribution in [3.8, 4) is 0 Å². The largest absolute Gasteiger partial charge is 0.240 e. The first-order valence-corrected chi connectivity index (χ1v) is 12.5. The summed E-state index contributed by atoms with van der Waals surface area (Å²) >= 11 is 0. The van der Waals surface area contributed by atoms with Gasteiger partial charge in [-0.15, -0.1) is 0 Å². The fraction of sp³-hybridized carbons (Fsp3) is 0.333. The van der Waals surface area contributed by atoms with Crippen molar-refractivity contribution in [2.45, 2.75) is 55.8 Å². The molecule has 4 heteroatoms. The third-order valence-electron chi connectivity index (χ3n) is 6.25. The van der Waals surface area contributed by atoms with Crippen LogP contribution < -0.4 is 4.72 Å². The van der Waals surface area contributed by atoms with E-state index in [0.717, 1.165) is 19.3 Å². The maximum atomic E-state index is 12.0. The molecule has 0 amide bonds. The highest BCUT2D eigenvalue weighted by Crippen LogP contribution is 2.35. The van der Waals surface area contributed by atoms with Crippen LogP contribution in [0.2, 0.25) is 0 Å². The van der Waals surface area contributed by atoms with Crippen molar-refractivity contribution in [3.63, 3.8) is 0 Å². The second kappa shape index (κ2) is 10.7. The molecule has 0 heterocycles. The van der Waals surface area contributed by atoms with Gasteiger partial charge in [0, 0.05) is 0 Å². The zero-order valence-corrected chi connectivity index (χ0v) is 19.5. The minimum absolute atomic E-state index is 0.308. The first kappa shape index (κ1) is 23.2. The molecule has 1 N–H and O–H groups in total. The zero-order chi connectivity index (χ0) is 22.3. The number of benzene rings is 3. The van der Waals surface area contributed by atoms with Crippen LogP contribution in [0.5, 0.6) is 0 Å². The first-order chi connectivity index (χ1) is 14.9. The Balaban J connectivity index is 1.72. The fourth-order valence-corrected chi connectivity index (χ4v) is 4.93. The molecule has 0 aliphatic carbocycles. The SMILES string of the molecule is CNS(=O)(=O)c1ccc(C(C)CC(CCC(C)c2ccccc2)c2ccccc2)cc1. The summed E-state index contributed by atoms with van der Waals surface area (Å²) in [5.74, 6) is 1.32. The van der Waals surface area contributed by atoms with Crippen molar-refractivity contribution >= 4 is 10.0 Å². The number of hydrogen-bond donors (Lipinski definition) is 1. The molecule has 0 saturated heterocycles. The molecule has 0 spiro atoms. The summed E-state index contributed by atoms with van der Waals surface area (Å²) in [5.41, 5.74) is 3.94. The molecule has 3 rings (SSSR count). The Hall–Kier alpha value is -2.43. The Labute approximate surface area is 187 Å². The van der Waals surface area contributed by atoms with Crippen molar-refractivity contribution in [2.24, 2.45) is 0 Å². The summed E-state index contributed by atoms with van der Waals surface area (Å²) in [6, 6.07) is 28.8. The van der Waals surface area contributed by atoms with E-state index in [-0.39, 0.29) is 0 Å². The lowest BCUT2D eigenvalue weighted by Crippen LogP contribution is -2.18.